The van der Waals surface area contributed by atoms with Gasteiger partial charge in [-0.2, -0.15) is 0 Å². The van der Waals surface area contributed by atoms with Crippen LogP contribution in [0.25, 0.3) is 0 Å². The molecule has 0 fully saturated rings. The van der Waals surface area contributed by atoms with Crippen LogP contribution in [0.4, 0.5) is 10.1 Å². The molecule has 0 aliphatic carbocycles. The summed E-state index contributed by atoms with van der Waals surface area (Å²) in [5.74, 6) is 0.894. The third-order valence-corrected chi connectivity index (χ3v) is 5.08. The van der Waals surface area contributed by atoms with Crippen molar-refractivity contribution in [3.63, 3.8) is 0 Å². The number of benzene rings is 2. The van der Waals surface area contributed by atoms with E-state index in [1.807, 2.05) is 23.1 Å². The highest BCUT2D eigenvalue weighted by molar-refractivity contribution is 5.96. The average molecular weight is 370 g/mol. The summed E-state index contributed by atoms with van der Waals surface area (Å²) in [7, 11) is 1.65. The van der Waals surface area contributed by atoms with Gasteiger partial charge in [0.1, 0.15) is 11.6 Å². The van der Waals surface area contributed by atoms with Gasteiger partial charge in [-0.1, -0.05) is 26.0 Å². The van der Waals surface area contributed by atoms with Gasteiger partial charge in [0.15, 0.2) is 0 Å². The van der Waals surface area contributed by atoms with Crippen molar-refractivity contribution >= 4 is 11.6 Å². The summed E-state index contributed by atoms with van der Waals surface area (Å²) in [5.41, 5.74) is 3.10. The quantitative estimate of drug-likeness (QED) is 0.832. The van der Waals surface area contributed by atoms with Crippen LogP contribution >= 0.6 is 0 Å². The highest BCUT2D eigenvalue weighted by Gasteiger charge is 2.24. The van der Waals surface area contributed by atoms with Gasteiger partial charge < -0.3 is 15.0 Å². The number of amides is 1. The molecule has 2 aromatic rings. The van der Waals surface area contributed by atoms with Crippen molar-refractivity contribution in [3.05, 3.63) is 59.4 Å². The van der Waals surface area contributed by atoms with E-state index >= 15 is 0 Å². The zero-order chi connectivity index (χ0) is 19.4. The molecule has 3 rings (SSSR count). The number of carbonyl (C=O) groups excluding carboxylic acids is 1. The van der Waals surface area contributed by atoms with E-state index in [0.717, 1.165) is 42.0 Å². The fourth-order valence-corrected chi connectivity index (χ4v) is 3.66. The number of aryl methyl sites for hydroxylation is 1. The molecule has 5 heteroatoms. The minimum Gasteiger partial charge on any atom is -0.497 e. The largest absolute Gasteiger partial charge is 0.497 e. The Morgan fingerprint density at radius 3 is 2.63 bits per heavy atom. The second-order valence-electron chi connectivity index (χ2n) is 7.30. The molecule has 4 nitrogen and oxygen atoms in total. The first-order valence-electron chi connectivity index (χ1n) is 9.45. The van der Waals surface area contributed by atoms with Crippen molar-refractivity contribution in [1.82, 2.24) is 5.32 Å². The Balaban J connectivity index is 1.71. The number of hydrogen-bond donors (Lipinski definition) is 1. The molecule has 1 N–H and O–H groups in total. The van der Waals surface area contributed by atoms with E-state index < -0.39 is 0 Å². The summed E-state index contributed by atoms with van der Waals surface area (Å²) in [6.45, 7) is 5.15. The van der Waals surface area contributed by atoms with Gasteiger partial charge in [-0.25, -0.2) is 4.39 Å². The molecule has 1 heterocycles. The van der Waals surface area contributed by atoms with Gasteiger partial charge in [-0.05, 0) is 60.2 Å². The number of nitrogens with zero attached hydrogens (tertiary/aromatic N) is 1. The maximum absolute atomic E-state index is 13.2. The van der Waals surface area contributed by atoms with Crippen LogP contribution in [0.15, 0.2) is 42.5 Å². The molecule has 1 aliphatic rings. The van der Waals surface area contributed by atoms with E-state index in [9.17, 15) is 9.18 Å². The van der Waals surface area contributed by atoms with Crippen LogP contribution in [0.5, 0.6) is 5.75 Å². The zero-order valence-corrected chi connectivity index (χ0v) is 16.2. The van der Waals surface area contributed by atoms with Gasteiger partial charge >= 0.3 is 0 Å². The summed E-state index contributed by atoms with van der Waals surface area (Å²) in [5, 5.41) is 3.37. The van der Waals surface area contributed by atoms with Crippen LogP contribution in [0, 0.1) is 11.7 Å². The molecule has 1 amide bonds. The monoisotopic (exact) mass is 370 g/mol. The number of rotatable bonds is 6. The van der Waals surface area contributed by atoms with Crippen LogP contribution in [0.1, 0.15) is 37.4 Å². The zero-order valence-electron chi connectivity index (χ0n) is 16.2. The molecule has 1 aliphatic heterocycles. The van der Waals surface area contributed by atoms with E-state index in [4.69, 9.17) is 4.74 Å². The third-order valence-electron chi connectivity index (χ3n) is 5.08. The normalized spacial score (nSPS) is 14.8. The molecule has 0 saturated heterocycles. The third kappa shape index (κ3) is 4.48. The molecule has 0 bridgehead atoms. The van der Waals surface area contributed by atoms with E-state index in [1.54, 1.807) is 19.2 Å². The molecule has 0 saturated carbocycles. The molecular formula is C22H27FN2O2. The maximum atomic E-state index is 13.2. The Labute approximate surface area is 160 Å². The minimum absolute atomic E-state index is 0.00493. The number of methoxy groups -OCH3 is 1. The Morgan fingerprint density at radius 1 is 1.22 bits per heavy atom. The fraction of sp³-hybridized carbons (Fsp3) is 0.409. The van der Waals surface area contributed by atoms with Gasteiger partial charge in [-0.15, -0.1) is 0 Å². The maximum Gasteiger partial charge on any atom is 0.240 e. The van der Waals surface area contributed by atoms with Crippen molar-refractivity contribution in [1.29, 1.82) is 0 Å². The smallest absolute Gasteiger partial charge is 0.240 e. The van der Waals surface area contributed by atoms with Crippen LogP contribution in [0.3, 0.4) is 0 Å². The lowest BCUT2D eigenvalue weighted by Gasteiger charge is -2.31. The summed E-state index contributed by atoms with van der Waals surface area (Å²) in [4.78, 5) is 14.8. The Hall–Kier alpha value is -2.40. The number of anilines is 1. The van der Waals surface area contributed by atoms with E-state index in [2.05, 4.69) is 19.2 Å². The first kappa shape index (κ1) is 19.4. The average Bonchev–Trinajstić information content (AvgIpc) is 2.68. The van der Waals surface area contributed by atoms with Crippen molar-refractivity contribution in [2.45, 2.75) is 32.7 Å². The predicted molar refractivity (Wildman–Crippen MR) is 106 cm³/mol. The first-order valence-corrected chi connectivity index (χ1v) is 9.45. The van der Waals surface area contributed by atoms with E-state index in [-0.39, 0.29) is 30.2 Å². The Morgan fingerprint density at radius 2 is 1.96 bits per heavy atom. The van der Waals surface area contributed by atoms with Crippen molar-refractivity contribution in [3.8, 4) is 5.75 Å². The summed E-state index contributed by atoms with van der Waals surface area (Å²) in [6, 6.07) is 12.3. The molecule has 2 aromatic carbocycles. The number of fused-ring (bicyclic) bond motifs is 1. The first-order chi connectivity index (χ1) is 13.0. The van der Waals surface area contributed by atoms with Crippen molar-refractivity contribution in [2.24, 2.45) is 5.92 Å². The number of halogens is 1. The van der Waals surface area contributed by atoms with Crippen LogP contribution in [-0.2, 0) is 11.2 Å². The van der Waals surface area contributed by atoms with Gasteiger partial charge in [0.25, 0.3) is 0 Å². The summed E-state index contributed by atoms with van der Waals surface area (Å²) >= 11 is 0. The Bertz CT molecular complexity index is 789. The lowest BCUT2D eigenvalue weighted by Crippen LogP contribution is -2.42. The lowest BCUT2D eigenvalue weighted by molar-refractivity contribution is -0.118. The summed E-state index contributed by atoms with van der Waals surface area (Å²) < 4.78 is 18.5. The SMILES string of the molecule is COc1ccc2c(c1)CCCN2C(=O)CNC(c1ccc(F)cc1)C(C)C. The van der Waals surface area contributed by atoms with Crippen molar-refractivity contribution in [2.75, 3.05) is 25.1 Å². The second-order valence-corrected chi connectivity index (χ2v) is 7.30. The van der Waals surface area contributed by atoms with Gasteiger partial charge in [-0.3, -0.25) is 4.79 Å². The van der Waals surface area contributed by atoms with Crippen molar-refractivity contribution < 1.29 is 13.9 Å². The molecule has 144 valence electrons. The van der Waals surface area contributed by atoms with E-state index in [0.29, 0.717) is 0 Å². The van der Waals surface area contributed by atoms with Gasteiger partial charge in [0, 0.05) is 18.3 Å². The van der Waals surface area contributed by atoms with E-state index in [1.165, 1.54) is 12.1 Å². The number of ether oxygens (including phenoxy) is 1. The molecule has 0 aromatic heterocycles. The molecule has 1 atom stereocenters. The fourth-order valence-electron chi connectivity index (χ4n) is 3.66. The molecule has 1 unspecified atom stereocenters. The topological polar surface area (TPSA) is 41.6 Å². The highest BCUT2D eigenvalue weighted by Crippen LogP contribution is 2.30. The molecule has 0 radical (unpaired) electrons. The number of hydrogen-bond acceptors (Lipinski definition) is 3. The standard InChI is InChI=1S/C22H27FN2O2/c1-15(2)22(16-6-8-18(23)9-7-16)24-14-21(26)25-12-4-5-17-13-19(27-3)10-11-20(17)25/h6-11,13,15,22,24H,4-5,12,14H2,1-3H3. The highest BCUT2D eigenvalue weighted by atomic mass is 19.1. The number of carbonyl (C=O) groups is 1. The van der Waals surface area contributed by atoms with Gasteiger partial charge in [0.05, 0.1) is 13.7 Å². The minimum atomic E-state index is -0.252. The summed E-state index contributed by atoms with van der Waals surface area (Å²) in [6.07, 6.45) is 1.89. The van der Waals surface area contributed by atoms with Crippen LogP contribution in [0.2, 0.25) is 0 Å². The Kier molecular flexibility index (Phi) is 6.11. The molecule has 27 heavy (non-hydrogen) atoms. The predicted octanol–water partition coefficient (Wildman–Crippen LogP) is 4.10. The van der Waals surface area contributed by atoms with Crippen LogP contribution < -0.4 is 15.0 Å². The van der Waals surface area contributed by atoms with Gasteiger partial charge in [0.2, 0.25) is 5.91 Å². The molecule has 0 spiro atoms. The lowest BCUT2D eigenvalue weighted by atomic mass is 9.96. The number of nitrogens with one attached hydrogen (secondary N) is 1. The molecular weight excluding hydrogens is 343 g/mol. The van der Waals surface area contributed by atoms with Crippen LogP contribution in [-0.4, -0.2) is 26.1 Å². The second kappa shape index (κ2) is 8.53.